The van der Waals surface area contributed by atoms with E-state index in [0.29, 0.717) is 0 Å². The largest absolute Gasteiger partial charge is 0.152 e. The molecule has 3 rings (SSSR count). The summed E-state index contributed by atoms with van der Waals surface area (Å²) in [7, 11) is 0. The highest BCUT2D eigenvalue weighted by Crippen LogP contribution is 2.40. The van der Waals surface area contributed by atoms with Crippen molar-refractivity contribution in [3.63, 3.8) is 0 Å². The Morgan fingerprint density at radius 2 is 1.93 bits per heavy atom. The Morgan fingerprint density at radius 3 is 2.86 bits per heavy atom. The van der Waals surface area contributed by atoms with E-state index in [4.69, 9.17) is 0 Å². The van der Waals surface area contributed by atoms with Crippen LogP contribution in [-0.4, -0.2) is 0 Å². The van der Waals surface area contributed by atoms with Crippen LogP contribution in [0.2, 0.25) is 0 Å². The summed E-state index contributed by atoms with van der Waals surface area (Å²) in [6.07, 6.45) is 0. The molecule has 0 aromatic rings. The molecule has 0 N–H and O–H groups in total. The second kappa shape index (κ2) is 3.03. The maximum atomic E-state index is 2.35. The van der Waals surface area contributed by atoms with Crippen LogP contribution in [0.1, 0.15) is 16.7 Å². The van der Waals surface area contributed by atoms with E-state index in [1.165, 1.54) is 28.2 Å². The van der Waals surface area contributed by atoms with E-state index in [9.17, 15) is 0 Å². The second-order valence-electron chi connectivity index (χ2n) is 3.92. The fourth-order valence-electron chi connectivity index (χ4n) is 2.09. The summed E-state index contributed by atoms with van der Waals surface area (Å²) in [5.74, 6) is 2.40. The van der Waals surface area contributed by atoms with Crippen LogP contribution in [0, 0.1) is 6.92 Å². The predicted molar refractivity (Wildman–Crippen MR) is 62.8 cm³/mol. The van der Waals surface area contributed by atoms with Gasteiger partial charge in [-0.1, -0.05) is 29.8 Å². The van der Waals surface area contributed by atoms with Gasteiger partial charge >= 0.3 is 0 Å². The fraction of sp³-hybridized carbons (Fsp3) is 0.231. The minimum absolute atomic E-state index is 1.20. The number of thioether (sulfide) groups is 1. The van der Waals surface area contributed by atoms with Crippen LogP contribution >= 0.6 is 11.8 Å². The molecule has 0 nitrogen and oxygen atoms in total. The minimum Gasteiger partial charge on any atom is -0.152 e. The van der Waals surface area contributed by atoms with E-state index in [-0.39, 0.29) is 0 Å². The van der Waals surface area contributed by atoms with Crippen molar-refractivity contribution in [3.8, 4) is 11.1 Å². The monoisotopic (exact) mass is 200 g/mol. The lowest BCUT2D eigenvalue weighted by atomic mass is 10.1. The van der Waals surface area contributed by atoms with Crippen LogP contribution in [0.25, 0.3) is 11.1 Å². The zero-order chi connectivity index (χ0) is 9.54. The topological polar surface area (TPSA) is 0 Å². The molecule has 0 aromatic carbocycles. The standard InChI is InChI=1S/C13H12S/c1-9-2-4-10-6-11-7-14-8-13(11)12(10)5-3-9/h2-6H,7-8H2,1H3. The number of fused-ring (bicyclic) bond motifs is 3. The highest BCUT2D eigenvalue weighted by Gasteiger charge is 2.19. The average Bonchev–Trinajstić information content (AvgIpc) is 2.67. The van der Waals surface area contributed by atoms with Crippen LogP contribution in [-0.2, 0) is 11.5 Å². The molecule has 0 aromatic heterocycles. The SMILES string of the molecule is Cc1ccc2cc3c(c-2cc1)CSC3. The van der Waals surface area contributed by atoms with Crippen LogP contribution in [0.4, 0.5) is 0 Å². The fourth-order valence-corrected chi connectivity index (χ4v) is 3.21. The van der Waals surface area contributed by atoms with Crippen molar-refractivity contribution in [2.75, 3.05) is 0 Å². The van der Waals surface area contributed by atoms with Crippen molar-refractivity contribution in [1.82, 2.24) is 0 Å². The normalized spacial score (nSPS) is 14.6. The molecule has 0 fully saturated rings. The van der Waals surface area contributed by atoms with Crippen molar-refractivity contribution in [2.24, 2.45) is 0 Å². The first-order valence-corrected chi connectivity index (χ1v) is 6.09. The summed E-state index contributed by atoms with van der Waals surface area (Å²) in [5, 5.41) is 0. The molecule has 1 aliphatic heterocycles. The summed E-state index contributed by atoms with van der Waals surface area (Å²) in [5.41, 5.74) is 7.32. The lowest BCUT2D eigenvalue weighted by Gasteiger charge is -1.95. The van der Waals surface area contributed by atoms with E-state index in [1.54, 1.807) is 11.1 Å². The van der Waals surface area contributed by atoms with E-state index >= 15 is 0 Å². The third-order valence-electron chi connectivity index (χ3n) is 2.90. The van der Waals surface area contributed by atoms with Gasteiger partial charge in [0.1, 0.15) is 0 Å². The van der Waals surface area contributed by atoms with Gasteiger partial charge in [0.25, 0.3) is 0 Å². The molecule has 14 heavy (non-hydrogen) atoms. The Bertz CT molecular complexity index is 459. The maximum Gasteiger partial charge on any atom is 0.0197 e. The van der Waals surface area contributed by atoms with Crippen molar-refractivity contribution in [1.29, 1.82) is 0 Å². The quantitative estimate of drug-likeness (QED) is 0.622. The molecule has 0 radical (unpaired) electrons. The van der Waals surface area contributed by atoms with Gasteiger partial charge in [0.15, 0.2) is 0 Å². The lowest BCUT2D eigenvalue weighted by molar-refractivity contribution is 1.42. The second-order valence-corrected chi connectivity index (χ2v) is 4.91. The third-order valence-corrected chi connectivity index (χ3v) is 3.90. The number of rotatable bonds is 0. The minimum atomic E-state index is 1.20. The molecule has 0 spiro atoms. The van der Waals surface area contributed by atoms with Crippen molar-refractivity contribution in [2.45, 2.75) is 18.4 Å². The molecule has 0 saturated heterocycles. The summed E-state index contributed by atoms with van der Waals surface area (Å²) < 4.78 is 0. The highest BCUT2D eigenvalue weighted by atomic mass is 32.2. The Labute approximate surface area is 88.7 Å². The first-order valence-electron chi connectivity index (χ1n) is 4.93. The van der Waals surface area contributed by atoms with Gasteiger partial charge in [-0.3, -0.25) is 0 Å². The summed E-state index contributed by atoms with van der Waals surface area (Å²) >= 11 is 2.03. The van der Waals surface area contributed by atoms with Gasteiger partial charge in [-0.2, -0.15) is 11.8 Å². The number of hydrogen-bond donors (Lipinski definition) is 0. The van der Waals surface area contributed by atoms with Gasteiger partial charge in [-0.15, -0.1) is 0 Å². The van der Waals surface area contributed by atoms with Crippen molar-refractivity contribution < 1.29 is 0 Å². The molecule has 0 bridgehead atoms. The van der Waals surface area contributed by atoms with E-state index in [1.807, 2.05) is 11.8 Å². The van der Waals surface area contributed by atoms with Gasteiger partial charge in [-0.05, 0) is 35.2 Å². The molecule has 70 valence electrons. The molecule has 0 unspecified atom stereocenters. The van der Waals surface area contributed by atoms with E-state index < -0.39 is 0 Å². The van der Waals surface area contributed by atoms with Gasteiger partial charge in [0.05, 0.1) is 0 Å². The molecule has 2 aliphatic carbocycles. The van der Waals surface area contributed by atoms with E-state index in [2.05, 4.69) is 37.3 Å². The summed E-state index contributed by atoms with van der Waals surface area (Å²) in [6.45, 7) is 2.15. The number of aryl methyl sites for hydroxylation is 1. The van der Waals surface area contributed by atoms with Gasteiger partial charge < -0.3 is 0 Å². The average molecular weight is 200 g/mol. The van der Waals surface area contributed by atoms with Crippen LogP contribution < -0.4 is 0 Å². The third kappa shape index (κ3) is 1.16. The smallest absolute Gasteiger partial charge is 0.0197 e. The zero-order valence-electron chi connectivity index (χ0n) is 8.21. The highest BCUT2D eigenvalue weighted by molar-refractivity contribution is 7.98. The molecule has 0 amide bonds. The molecule has 0 saturated carbocycles. The van der Waals surface area contributed by atoms with E-state index in [0.717, 1.165) is 0 Å². The predicted octanol–water partition coefficient (Wildman–Crippen LogP) is 3.85. The van der Waals surface area contributed by atoms with Gasteiger partial charge in [0.2, 0.25) is 0 Å². The Morgan fingerprint density at radius 1 is 1.07 bits per heavy atom. The van der Waals surface area contributed by atoms with Crippen molar-refractivity contribution in [3.05, 3.63) is 47.0 Å². The molecule has 3 aliphatic rings. The van der Waals surface area contributed by atoms with Crippen molar-refractivity contribution >= 4 is 11.8 Å². The first-order chi connectivity index (χ1) is 6.84. The molecule has 0 atom stereocenters. The lowest BCUT2D eigenvalue weighted by Crippen LogP contribution is -1.74. The Hall–Kier alpha value is -0.950. The number of hydrogen-bond acceptors (Lipinski definition) is 1. The molecular weight excluding hydrogens is 188 g/mol. The summed E-state index contributed by atoms with van der Waals surface area (Å²) in [4.78, 5) is 0. The molecule has 1 heterocycles. The molecular formula is C13H12S. The van der Waals surface area contributed by atoms with Crippen LogP contribution in [0.3, 0.4) is 0 Å². The Balaban J connectivity index is 2.31. The van der Waals surface area contributed by atoms with Gasteiger partial charge in [0, 0.05) is 11.5 Å². The first kappa shape index (κ1) is 8.37. The van der Waals surface area contributed by atoms with Crippen LogP contribution in [0.15, 0.2) is 30.3 Å². The summed E-state index contributed by atoms with van der Waals surface area (Å²) in [6, 6.07) is 11.3. The van der Waals surface area contributed by atoms with Gasteiger partial charge in [-0.25, -0.2) is 0 Å². The zero-order valence-corrected chi connectivity index (χ0v) is 9.03. The van der Waals surface area contributed by atoms with Crippen LogP contribution in [0.5, 0.6) is 0 Å². The maximum absolute atomic E-state index is 2.35. The Kier molecular flexibility index (Phi) is 1.81. The molecule has 1 heteroatoms.